The molecule has 3 aliphatic rings. The van der Waals surface area contributed by atoms with Crippen LogP contribution in [-0.4, -0.2) is 88.3 Å². The summed E-state index contributed by atoms with van der Waals surface area (Å²) in [7, 11) is 0. The molecule has 166 valence electrons. The maximum atomic E-state index is 12.7. The fourth-order valence-corrected chi connectivity index (χ4v) is 4.54. The summed E-state index contributed by atoms with van der Waals surface area (Å²) in [6, 6.07) is 8.71. The van der Waals surface area contributed by atoms with Crippen LogP contribution in [0.25, 0.3) is 0 Å². The Labute approximate surface area is 185 Å². The first-order valence-corrected chi connectivity index (χ1v) is 11.0. The molecule has 3 aliphatic heterocycles. The number of carbonyl (C=O) groups is 4. The average molecular weight is 449 g/mol. The quantitative estimate of drug-likeness (QED) is 0.516. The number of imide groups is 1. The molecule has 0 aromatic heterocycles. The van der Waals surface area contributed by atoms with Crippen molar-refractivity contribution in [2.24, 2.45) is 5.92 Å². The SMILES string of the molecule is O=C(CCl)N1CCN2C(=O)N(OC(=O)N3CCC(Cc4ccccc4)CC3)C(=O)C2C1. The van der Waals surface area contributed by atoms with E-state index in [0.717, 1.165) is 19.3 Å². The van der Waals surface area contributed by atoms with Crippen LogP contribution in [0.5, 0.6) is 0 Å². The molecular weight excluding hydrogens is 424 g/mol. The topological polar surface area (TPSA) is 90.5 Å². The molecule has 1 aromatic rings. The van der Waals surface area contributed by atoms with E-state index in [4.69, 9.17) is 16.4 Å². The molecule has 1 atom stereocenters. The third kappa shape index (κ3) is 4.46. The highest BCUT2D eigenvalue weighted by Crippen LogP contribution is 2.25. The van der Waals surface area contributed by atoms with Gasteiger partial charge in [0.25, 0.3) is 5.91 Å². The van der Waals surface area contributed by atoms with Crippen molar-refractivity contribution < 1.29 is 24.0 Å². The number of benzene rings is 1. The average Bonchev–Trinajstić information content (AvgIpc) is 3.04. The first-order chi connectivity index (χ1) is 15.0. The van der Waals surface area contributed by atoms with E-state index in [2.05, 4.69) is 12.1 Å². The number of carbonyl (C=O) groups excluding carboxylic acids is 4. The monoisotopic (exact) mass is 448 g/mol. The first kappa shape index (κ1) is 21.4. The Hall–Kier alpha value is -2.81. The number of hydrogen-bond donors (Lipinski definition) is 0. The number of rotatable bonds is 4. The van der Waals surface area contributed by atoms with Crippen LogP contribution in [0.4, 0.5) is 9.59 Å². The molecule has 4 rings (SSSR count). The number of hydrogen-bond acceptors (Lipinski definition) is 5. The van der Waals surface area contributed by atoms with Crippen LogP contribution in [0.2, 0.25) is 0 Å². The van der Waals surface area contributed by atoms with Crippen LogP contribution in [-0.2, 0) is 20.8 Å². The van der Waals surface area contributed by atoms with Gasteiger partial charge in [0.15, 0.2) is 0 Å². The highest BCUT2D eigenvalue weighted by Gasteiger charge is 2.51. The Bertz CT molecular complexity index is 859. The second-order valence-electron chi connectivity index (χ2n) is 8.08. The van der Waals surface area contributed by atoms with Gasteiger partial charge in [-0.2, -0.15) is 0 Å². The second kappa shape index (κ2) is 9.13. The molecule has 0 aliphatic carbocycles. The fraction of sp³-hybridized carbons (Fsp3) is 0.524. The maximum absolute atomic E-state index is 12.7. The molecule has 1 aromatic carbocycles. The second-order valence-corrected chi connectivity index (χ2v) is 8.34. The molecule has 3 heterocycles. The molecule has 3 saturated heterocycles. The van der Waals surface area contributed by atoms with E-state index in [-0.39, 0.29) is 31.4 Å². The number of nitrogens with zero attached hydrogens (tertiary/aromatic N) is 4. The smallest absolute Gasteiger partial charge is 0.337 e. The largest absolute Gasteiger partial charge is 0.434 e. The van der Waals surface area contributed by atoms with E-state index in [1.54, 1.807) is 0 Å². The highest BCUT2D eigenvalue weighted by atomic mass is 35.5. The third-order valence-electron chi connectivity index (χ3n) is 6.16. The van der Waals surface area contributed by atoms with Gasteiger partial charge in [-0.1, -0.05) is 35.4 Å². The predicted octanol–water partition coefficient (Wildman–Crippen LogP) is 1.71. The van der Waals surface area contributed by atoms with Gasteiger partial charge in [0, 0.05) is 26.2 Å². The summed E-state index contributed by atoms with van der Waals surface area (Å²) in [4.78, 5) is 59.2. The van der Waals surface area contributed by atoms with E-state index in [1.807, 2.05) is 18.2 Å². The van der Waals surface area contributed by atoms with Crippen molar-refractivity contribution in [2.45, 2.75) is 25.3 Å². The molecular formula is C21H25ClN4O5. The van der Waals surface area contributed by atoms with Crippen LogP contribution < -0.4 is 0 Å². The minimum atomic E-state index is -0.849. The van der Waals surface area contributed by atoms with Crippen molar-refractivity contribution in [1.29, 1.82) is 0 Å². The summed E-state index contributed by atoms with van der Waals surface area (Å²) in [5.74, 6) is -0.644. The van der Waals surface area contributed by atoms with Gasteiger partial charge in [-0.25, -0.2) is 9.59 Å². The normalized spacial score (nSPS) is 22.0. The minimum Gasteiger partial charge on any atom is -0.337 e. The number of piperidine rings is 1. The van der Waals surface area contributed by atoms with Gasteiger partial charge < -0.3 is 19.5 Å². The number of amides is 5. The predicted molar refractivity (Wildman–Crippen MR) is 111 cm³/mol. The fourth-order valence-electron chi connectivity index (χ4n) is 4.37. The van der Waals surface area contributed by atoms with Gasteiger partial charge in [-0.15, -0.1) is 11.6 Å². The van der Waals surface area contributed by atoms with E-state index < -0.39 is 24.1 Å². The molecule has 0 spiro atoms. The number of piperazine rings is 1. The summed E-state index contributed by atoms with van der Waals surface area (Å²) in [6.45, 7) is 1.55. The zero-order valence-corrected chi connectivity index (χ0v) is 17.9. The number of likely N-dealkylation sites (tertiary alicyclic amines) is 1. The van der Waals surface area contributed by atoms with Crippen molar-refractivity contribution in [2.75, 3.05) is 38.6 Å². The molecule has 5 amide bonds. The van der Waals surface area contributed by atoms with Crippen molar-refractivity contribution in [3.8, 4) is 0 Å². The van der Waals surface area contributed by atoms with Crippen LogP contribution in [0.3, 0.4) is 0 Å². The van der Waals surface area contributed by atoms with Crippen molar-refractivity contribution in [3.05, 3.63) is 35.9 Å². The summed E-state index contributed by atoms with van der Waals surface area (Å²) < 4.78 is 0. The number of fused-ring (bicyclic) bond motifs is 1. The number of urea groups is 1. The van der Waals surface area contributed by atoms with Crippen LogP contribution in [0.15, 0.2) is 30.3 Å². The molecule has 3 fully saturated rings. The standard InChI is InChI=1S/C21H25ClN4O5/c22-13-18(27)24-10-11-25-17(14-24)19(28)26(20(25)29)31-21(30)23-8-6-16(7-9-23)12-15-4-2-1-3-5-15/h1-5,16-17H,6-14H2. The highest BCUT2D eigenvalue weighted by molar-refractivity contribution is 6.27. The lowest BCUT2D eigenvalue weighted by Crippen LogP contribution is -2.54. The molecule has 0 N–H and O–H groups in total. The Balaban J connectivity index is 1.30. The lowest BCUT2D eigenvalue weighted by atomic mass is 9.90. The maximum Gasteiger partial charge on any atom is 0.434 e. The lowest BCUT2D eigenvalue weighted by Gasteiger charge is -2.34. The van der Waals surface area contributed by atoms with Gasteiger partial charge in [0.05, 0.1) is 6.54 Å². The van der Waals surface area contributed by atoms with Crippen molar-refractivity contribution >= 4 is 35.5 Å². The number of hydroxylamine groups is 2. The van der Waals surface area contributed by atoms with E-state index in [9.17, 15) is 19.2 Å². The Morgan fingerprint density at radius 2 is 1.71 bits per heavy atom. The summed E-state index contributed by atoms with van der Waals surface area (Å²) >= 11 is 5.59. The van der Waals surface area contributed by atoms with E-state index in [1.165, 1.54) is 20.3 Å². The van der Waals surface area contributed by atoms with Gasteiger partial charge >= 0.3 is 12.1 Å². The molecule has 0 radical (unpaired) electrons. The molecule has 0 saturated carbocycles. The summed E-state index contributed by atoms with van der Waals surface area (Å²) in [5, 5.41) is 0.539. The van der Waals surface area contributed by atoms with E-state index >= 15 is 0 Å². The van der Waals surface area contributed by atoms with Crippen LogP contribution in [0.1, 0.15) is 18.4 Å². The molecule has 10 heteroatoms. The van der Waals surface area contributed by atoms with E-state index in [0.29, 0.717) is 24.1 Å². The first-order valence-electron chi connectivity index (χ1n) is 10.5. The van der Waals surface area contributed by atoms with Crippen molar-refractivity contribution in [3.63, 3.8) is 0 Å². The van der Waals surface area contributed by atoms with Crippen LogP contribution in [0, 0.1) is 5.92 Å². The molecule has 0 bridgehead atoms. The van der Waals surface area contributed by atoms with Crippen LogP contribution >= 0.6 is 11.6 Å². The molecule has 31 heavy (non-hydrogen) atoms. The Morgan fingerprint density at radius 1 is 1.00 bits per heavy atom. The lowest BCUT2D eigenvalue weighted by molar-refractivity contribution is -0.153. The Morgan fingerprint density at radius 3 is 2.39 bits per heavy atom. The van der Waals surface area contributed by atoms with Crippen molar-refractivity contribution in [1.82, 2.24) is 19.8 Å². The summed E-state index contributed by atoms with van der Waals surface area (Å²) in [5.41, 5.74) is 1.27. The third-order valence-corrected chi connectivity index (χ3v) is 6.39. The Kier molecular flexibility index (Phi) is 6.31. The van der Waals surface area contributed by atoms with Gasteiger partial charge in [-0.3, -0.25) is 9.59 Å². The molecule has 1 unspecified atom stereocenters. The minimum absolute atomic E-state index is 0.0507. The van der Waals surface area contributed by atoms with Gasteiger partial charge in [0.1, 0.15) is 11.9 Å². The van der Waals surface area contributed by atoms with Gasteiger partial charge in [-0.05, 0) is 30.7 Å². The summed E-state index contributed by atoms with van der Waals surface area (Å²) in [6.07, 6.45) is 1.92. The number of alkyl halides is 1. The zero-order chi connectivity index (χ0) is 22.0. The molecule has 9 nitrogen and oxygen atoms in total. The van der Waals surface area contributed by atoms with Gasteiger partial charge in [0.2, 0.25) is 5.91 Å². The number of halogens is 1. The zero-order valence-electron chi connectivity index (χ0n) is 17.1.